The van der Waals surface area contributed by atoms with Crippen molar-refractivity contribution in [3.05, 3.63) is 59.7 Å². The van der Waals surface area contributed by atoms with Crippen LogP contribution in [-0.2, 0) is 17.1 Å². The number of nitrogen functional groups attached to an aromatic ring is 1. The minimum absolute atomic E-state index is 0.0516. The zero-order valence-electron chi connectivity index (χ0n) is 18.5. The Hall–Kier alpha value is -3.60. The normalized spacial score (nSPS) is 11.5. The summed E-state index contributed by atoms with van der Waals surface area (Å²) >= 11 is 1.37. The van der Waals surface area contributed by atoms with E-state index in [1.165, 1.54) is 23.9 Å². The predicted molar refractivity (Wildman–Crippen MR) is 126 cm³/mol. The SMILES string of the molecule is COc1ccc(CNC(=O)C(C)SCc2nc(N)nc(Nc3ccc(F)cc3)n2)cc1OC. The van der Waals surface area contributed by atoms with E-state index in [4.69, 9.17) is 15.2 Å². The number of nitrogens with zero attached hydrogens (tertiary/aromatic N) is 3. The molecule has 0 bridgehead atoms. The molecule has 0 radical (unpaired) electrons. The Morgan fingerprint density at radius 1 is 1.09 bits per heavy atom. The minimum Gasteiger partial charge on any atom is -0.493 e. The molecular formula is C22H25FN6O3S. The van der Waals surface area contributed by atoms with Crippen molar-refractivity contribution >= 4 is 35.3 Å². The van der Waals surface area contributed by atoms with Gasteiger partial charge in [-0.1, -0.05) is 6.07 Å². The number of anilines is 3. The summed E-state index contributed by atoms with van der Waals surface area (Å²) in [4.78, 5) is 25.0. The molecule has 1 aromatic heterocycles. The third kappa shape index (κ3) is 6.94. The quantitative estimate of drug-likeness (QED) is 0.408. The molecule has 0 aliphatic rings. The standard InChI is InChI=1S/C22H25FN6O3S/c1-13(20(30)25-11-14-4-9-17(31-2)18(10-14)32-3)33-12-19-27-21(24)29-22(28-19)26-16-7-5-15(23)6-8-16/h4-10,13H,11-12H2,1-3H3,(H,25,30)(H3,24,26,27,28,29). The van der Waals surface area contributed by atoms with Gasteiger partial charge in [-0.3, -0.25) is 4.79 Å². The number of thioether (sulfide) groups is 1. The Morgan fingerprint density at radius 2 is 1.82 bits per heavy atom. The van der Waals surface area contributed by atoms with Crippen LogP contribution < -0.4 is 25.8 Å². The summed E-state index contributed by atoms with van der Waals surface area (Å²) in [7, 11) is 3.13. The summed E-state index contributed by atoms with van der Waals surface area (Å²) in [6.45, 7) is 2.16. The van der Waals surface area contributed by atoms with Gasteiger partial charge in [-0.25, -0.2) is 4.39 Å². The third-order valence-corrected chi connectivity index (χ3v) is 5.68. The maximum Gasteiger partial charge on any atom is 0.233 e. The lowest BCUT2D eigenvalue weighted by atomic mass is 10.2. The van der Waals surface area contributed by atoms with Gasteiger partial charge in [0.1, 0.15) is 11.6 Å². The minimum atomic E-state index is -0.350. The number of halogens is 1. The summed E-state index contributed by atoms with van der Waals surface area (Å²) in [6, 6.07) is 11.3. The van der Waals surface area contributed by atoms with Crippen LogP contribution in [-0.4, -0.2) is 40.3 Å². The van der Waals surface area contributed by atoms with Gasteiger partial charge in [0.2, 0.25) is 17.8 Å². The highest BCUT2D eigenvalue weighted by Crippen LogP contribution is 2.27. The molecule has 0 saturated heterocycles. The molecule has 3 aromatic rings. The van der Waals surface area contributed by atoms with Crippen molar-refractivity contribution in [1.82, 2.24) is 20.3 Å². The van der Waals surface area contributed by atoms with Gasteiger partial charge in [0.05, 0.1) is 25.2 Å². The number of ether oxygens (including phenoxy) is 2. The highest BCUT2D eigenvalue weighted by molar-refractivity contribution is 7.99. The number of rotatable bonds is 10. The molecular weight excluding hydrogens is 447 g/mol. The van der Waals surface area contributed by atoms with Crippen LogP contribution >= 0.6 is 11.8 Å². The number of benzene rings is 2. The van der Waals surface area contributed by atoms with E-state index < -0.39 is 0 Å². The first-order valence-electron chi connectivity index (χ1n) is 10.0. The van der Waals surface area contributed by atoms with Gasteiger partial charge in [-0.15, -0.1) is 11.8 Å². The van der Waals surface area contributed by atoms with Crippen molar-refractivity contribution < 1.29 is 18.7 Å². The van der Waals surface area contributed by atoms with Crippen molar-refractivity contribution in [3.8, 4) is 11.5 Å². The predicted octanol–water partition coefficient (Wildman–Crippen LogP) is 3.29. The molecule has 33 heavy (non-hydrogen) atoms. The molecule has 1 atom stereocenters. The van der Waals surface area contributed by atoms with Gasteiger partial charge < -0.3 is 25.8 Å². The van der Waals surface area contributed by atoms with Gasteiger partial charge >= 0.3 is 0 Å². The molecule has 4 N–H and O–H groups in total. The van der Waals surface area contributed by atoms with E-state index in [2.05, 4.69) is 25.6 Å². The highest BCUT2D eigenvalue weighted by atomic mass is 32.2. The summed E-state index contributed by atoms with van der Waals surface area (Å²) in [5, 5.41) is 5.52. The molecule has 2 aromatic carbocycles. The molecule has 174 valence electrons. The van der Waals surface area contributed by atoms with Gasteiger partial charge in [0, 0.05) is 12.2 Å². The second-order valence-electron chi connectivity index (χ2n) is 6.93. The second-order valence-corrected chi connectivity index (χ2v) is 8.25. The molecule has 0 aliphatic carbocycles. The van der Waals surface area contributed by atoms with Crippen LogP contribution in [0, 0.1) is 5.82 Å². The van der Waals surface area contributed by atoms with Crippen LogP contribution in [0.5, 0.6) is 11.5 Å². The molecule has 9 nitrogen and oxygen atoms in total. The summed E-state index contributed by atoms with van der Waals surface area (Å²) in [5.41, 5.74) is 7.29. The van der Waals surface area contributed by atoms with Crippen LogP contribution in [0.4, 0.5) is 22.0 Å². The number of hydrogen-bond acceptors (Lipinski definition) is 9. The third-order valence-electron chi connectivity index (χ3n) is 4.55. The Morgan fingerprint density at radius 3 is 2.52 bits per heavy atom. The average Bonchev–Trinajstić information content (AvgIpc) is 2.81. The Bertz CT molecular complexity index is 1100. The largest absolute Gasteiger partial charge is 0.493 e. The summed E-state index contributed by atoms with van der Waals surface area (Å²) < 4.78 is 23.6. The van der Waals surface area contributed by atoms with Crippen LogP contribution in [0.15, 0.2) is 42.5 Å². The van der Waals surface area contributed by atoms with Crippen molar-refractivity contribution in [2.45, 2.75) is 24.5 Å². The molecule has 1 heterocycles. The fraction of sp³-hybridized carbons (Fsp3) is 0.273. The Labute approximate surface area is 195 Å². The number of amides is 1. The van der Waals surface area contributed by atoms with Crippen molar-refractivity contribution in [3.63, 3.8) is 0 Å². The molecule has 0 fully saturated rings. The average molecular weight is 473 g/mol. The highest BCUT2D eigenvalue weighted by Gasteiger charge is 2.15. The van der Waals surface area contributed by atoms with E-state index in [0.717, 1.165) is 5.56 Å². The zero-order chi connectivity index (χ0) is 23.8. The molecule has 11 heteroatoms. The topological polar surface area (TPSA) is 124 Å². The van der Waals surface area contributed by atoms with E-state index in [-0.39, 0.29) is 28.9 Å². The van der Waals surface area contributed by atoms with E-state index in [0.29, 0.717) is 35.3 Å². The summed E-state index contributed by atoms with van der Waals surface area (Å²) in [5.74, 6) is 1.84. The number of aromatic nitrogens is 3. The van der Waals surface area contributed by atoms with Gasteiger partial charge in [-0.05, 0) is 48.9 Å². The molecule has 1 amide bonds. The number of hydrogen-bond donors (Lipinski definition) is 3. The lowest BCUT2D eigenvalue weighted by Crippen LogP contribution is -2.30. The lowest BCUT2D eigenvalue weighted by Gasteiger charge is -2.13. The van der Waals surface area contributed by atoms with Crippen LogP contribution in [0.1, 0.15) is 18.3 Å². The molecule has 3 rings (SSSR count). The fourth-order valence-electron chi connectivity index (χ4n) is 2.82. The fourth-order valence-corrected chi connectivity index (χ4v) is 3.58. The maximum absolute atomic E-state index is 13.1. The van der Waals surface area contributed by atoms with Crippen LogP contribution in [0.2, 0.25) is 0 Å². The monoisotopic (exact) mass is 472 g/mol. The maximum atomic E-state index is 13.1. The van der Waals surface area contributed by atoms with E-state index >= 15 is 0 Å². The molecule has 0 spiro atoms. The number of nitrogens with one attached hydrogen (secondary N) is 2. The van der Waals surface area contributed by atoms with Gasteiger partial charge in [-0.2, -0.15) is 15.0 Å². The van der Waals surface area contributed by atoms with Crippen LogP contribution in [0.3, 0.4) is 0 Å². The first-order valence-corrected chi connectivity index (χ1v) is 11.1. The first kappa shape index (κ1) is 24.1. The zero-order valence-corrected chi connectivity index (χ0v) is 19.3. The Kier molecular flexibility index (Phi) is 8.25. The van der Waals surface area contributed by atoms with E-state index in [9.17, 15) is 9.18 Å². The molecule has 1 unspecified atom stereocenters. The van der Waals surface area contributed by atoms with E-state index in [1.807, 2.05) is 12.1 Å². The smallest absolute Gasteiger partial charge is 0.233 e. The lowest BCUT2D eigenvalue weighted by molar-refractivity contribution is -0.120. The van der Waals surface area contributed by atoms with Crippen molar-refractivity contribution in [2.24, 2.45) is 0 Å². The second kappa shape index (κ2) is 11.3. The van der Waals surface area contributed by atoms with Crippen molar-refractivity contribution in [1.29, 1.82) is 0 Å². The molecule has 0 saturated carbocycles. The number of nitrogens with two attached hydrogens (primary N) is 1. The number of methoxy groups -OCH3 is 2. The van der Waals surface area contributed by atoms with Gasteiger partial charge in [0.25, 0.3) is 0 Å². The van der Waals surface area contributed by atoms with Gasteiger partial charge in [0.15, 0.2) is 11.5 Å². The molecule has 0 aliphatic heterocycles. The van der Waals surface area contributed by atoms with Crippen molar-refractivity contribution in [2.75, 3.05) is 25.3 Å². The number of carbonyl (C=O) groups excluding carboxylic acids is 1. The summed E-state index contributed by atoms with van der Waals surface area (Å²) in [6.07, 6.45) is 0. The van der Waals surface area contributed by atoms with Crippen LogP contribution in [0.25, 0.3) is 0 Å². The van der Waals surface area contributed by atoms with E-state index in [1.54, 1.807) is 39.3 Å². The Balaban J connectivity index is 1.54. The first-order chi connectivity index (χ1) is 15.9. The number of carbonyl (C=O) groups is 1.